The molecule has 146 valence electrons. The first kappa shape index (κ1) is 19.5. The summed E-state index contributed by atoms with van der Waals surface area (Å²) in [5.74, 6) is -3.66. The van der Waals surface area contributed by atoms with Crippen LogP contribution >= 0.6 is 12.2 Å². The predicted molar refractivity (Wildman–Crippen MR) is 100 cm³/mol. The van der Waals surface area contributed by atoms with Gasteiger partial charge in [0.15, 0.2) is 5.11 Å². The van der Waals surface area contributed by atoms with Crippen LogP contribution in [0.4, 0.5) is 0 Å². The number of ether oxygens (including phenoxy) is 2. The Labute approximate surface area is 162 Å². The maximum atomic E-state index is 12.9. The molecule has 0 radical (unpaired) electrons. The zero-order valence-corrected chi connectivity index (χ0v) is 16.1. The van der Waals surface area contributed by atoms with Gasteiger partial charge in [-0.15, -0.1) is 0 Å². The standard InChI is InChI=1S/C18H23N3O5S/c1-17(24)9-18(19-16(27)20-21-18)13(15(23)26-3)11(12(17)14(22)25-2)10-7-5-4-6-8-10/h4-8,11-13,21,24H,9H2,1-3H3,(H2,19,20,27)/t11-,12-,13+,17+,18-/m0/s1. The molecule has 2 fully saturated rings. The molecule has 1 heterocycles. The van der Waals surface area contributed by atoms with E-state index in [1.807, 2.05) is 30.3 Å². The maximum Gasteiger partial charge on any atom is 0.313 e. The molecule has 27 heavy (non-hydrogen) atoms. The maximum absolute atomic E-state index is 12.9. The first-order chi connectivity index (χ1) is 12.8. The van der Waals surface area contributed by atoms with Gasteiger partial charge in [-0.05, 0) is 24.7 Å². The number of rotatable bonds is 3. The number of hydrogen-bond acceptors (Lipinski definition) is 7. The fraction of sp³-hybridized carbons (Fsp3) is 0.500. The van der Waals surface area contributed by atoms with Gasteiger partial charge in [0.05, 0.1) is 25.7 Å². The Balaban J connectivity index is 2.22. The molecule has 0 unspecified atom stereocenters. The Bertz CT molecular complexity index is 757. The summed E-state index contributed by atoms with van der Waals surface area (Å²) in [7, 11) is 2.55. The quantitative estimate of drug-likeness (QED) is 0.422. The van der Waals surface area contributed by atoms with Crippen LogP contribution in [0.3, 0.4) is 0 Å². The molecule has 8 nitrogen and oxygen atoms in total. The molecule has 1 spiro atoms. The lowest BCUT2D eigenvalue weighted by atomic mass is 9.58. The largest absolute Gasteiger partial charge is 0.469 e. The van der Waals surface area contributed by atoms with Crippen LogP contribution in [0, 0.1) is 11.8 Å². The van der Waals surface area contributed by atoms with Crippen molar-refractivity contribution < 1.29 is 24.2 Å². The van der Waals surface area contributed by atoms with Crippen LogP contribution in [0.25, 0.3) is 0 Å². The molecule has 5 atom stereocenters. The second kappa shape index (κ2) is 7.06. The Morgan fingerprint density at radius 3 is 2.26 bits per heavy atom. The van der Waals surface area contributed by atoms with Crippen molar-refractivity contribution in [3.63, 3.8) is 0 Å². The van der Waals surface area contributed by atoms with Crippen molar-refractivity contribution in [3.05, 3.63) is 35.9 Å². The van der Waals surface area contributed by atoms with E-state index in [0.717, 1.165) is 0 Å². The SMILES string of the molecule is COC(=O)[C@@H]1[C@H](c2ccccc2)[C@H](C(=O)OC)[C@]2(C[C@@]1(C)O)NNC(=S)N2. The van der Waals surface area contributed by atoms with Crippen LogP contribution in [0.1, 0.15) is 24.8 Å². The van der Waals surface area contributed by atoms with Crippen LogP contribution in [0.5, 0.6) is 0 Å². The minimum atomic E-state index is -1.49. The predicted octanol–water partition coefficient (Wildman–Crippen LogP) is 0.182. The van der Waals surface area contributed by atoms with E-state index in [2.05, 4.69) is 16.2 Å². The van der Waals surface area contributed by atoms with Crippen LogP contribution in [0.15, 0.2) is 30.3 Å². The minimum Gasteiger partial charge on any atom is -0.469 e. The molecule has 1 aromatic carbocycles. The van der Waals surface area contributed by atoms with Crippen LogP contribution in [-0.2, 0) is 19.1 Å². The fourth-order valence-electron chi connectivity index (χ4n) is 4.41. The molecule has 0 amide bonds. The topological polar surface area (TPSA) is 109 Å². The van der Waals surface area contributed by atoms with E-state index in [1.165, 1.54) is 14.2 Å². The smallest absolute Gasteiger partial charge is 0.313 e. The normalized spacial score (nSPS) is 35.3. The number of methoxy groups -OCH3 is 2. The summed E-state index contributed by atoms with van der Waals surface area (Å²) in [5, 5.41) is 14.6. The third-order valence-corrected chi connectivity index (χ3v) is 5.59. The summed E-state index contributed by atoms with van der Waals surface area (Å²) in [6.07, 6.45) is 0.0238. The number of hydrogen-bond donors (Lipinski definition) is 4. The number of thiocarbonyl (C=S) groups is 1. The lowest BCUT2D eigenvalue weighted by Crippen LogP contribution is -2.70. The highest BCUT2D eigenvalue weighted by atomic mass is 32.1. The van der Waals surface area contributed by atoms with Gasteiger partial charge in [-0.2, -0.15) is 0 Å². The first-order valence-electron chi connectivity index (χ1n) is 8.54. The van der Waals surface area contributed by atoms with E-state index in [4.69, 9.17) is 21.7 Å². The number of carbonyl (C=O) groups excluding carboxylic acids is 2. The van der Waals surface area contributed by atoms with Crippen molar-refractivity contribution >= 4 is 29.3 Å². The molecule has 9 heteroatoms. The van der Waals surface area contributed by atoms with Gasteiger partial charge >= 0.3 is 11.9 Å². The number of aliphatic hydroxyl groups is 1. The zero-order valence-electron chi connectivity index (χ0n) is 15.3. The Hall–Kier alpha value is -2.23. The molecule has 1 saturated heterocycles. The molecule has 0 aromatic heterocycles. The Kier molecular flexibility index (Phi) is 5.11. The Morgan fingerprint density at radius 1 is 1.15 bits per heavy atom. The second-order valence-corrected chi connectivity index (χ2v) is 7.56. The van der Waals surface area contributed by atoms with Gasteiger partial charge < -0.3 is 19.9 Å². The van der Waals surface area contributed by atoms with Gasteiger partial charge in [-0.1, -0.05) is 30.3 Å². The van der Waals surface area contributed by atoms with Crippen molar-refractivity contribution in [1.82, 2.24) is 16.2 Å². The van der Waals surface area contributed by atoms with Crippen molar-refractivity contribution in [3.8, 4) is 0 Å². The molecule has 4 N–H and O–H groups in total. The highest BCUT2D eigenvalue weighted by Crippen LogP contribution is 2.51. The molecular weight excluding hydrogens is 370 g/mol. The minimum absolute atomic E-state index is 0.0238. The van der Waals surface area contributed by atoms with Gasteiger partial charge in [-0.3, -0.25) is 15.0 Å². The number of carbonyl (C=O) groups is 2. The van der Waals surface area contributed by atoms with Crippen LogP contribution in [-0.4, -0.2) is 47.6 Å². The molecule has 1 aromatic rings. The van der Waals surface area contributed by atoms with Crippen molar-refractivity contribution in [2.45, 2.75) is 30.5 Å². The van der Waals surface area contributed by atoms with Gasteiger partial charge in [0.25, 0.3) is 0 Å². The van der Waals surface area contributed by atoms with E-state index in [-0.39, 0.29) is 6.42 Å². The fourth-order valence-corrected chi connectivity index (χ4v) is 4.64. The zero-order chi connectivity index (χ0) is 19.8. The lowest BCUT2D eigenvalue weighted by Gasteiger charge is -2.52. The van der Waals surface area contributed by atoms with Gasteiger partial charge in [0.2, 0.25) is 0 Å². The molecule has 1 saturated carbocycles. The number of hydrazine groups is 1. The molecule has 1 aliphatic carbocycles. The van der Waals surface area contributed by atoms with Crippen molar-refractivity contribution in [2.75, 3.05) is 14.2 Å². The third kappa shape index (κ3) is 3.26. The van der Waals surface area contributed by atoms with E-state index >= 15 is 0 Å². The number of esters is 2. The molecule has 1 aliphatic heterocycles. The van der Waals surface area contributed by atoms with Gasteiger partial charge in [0.1, 0.15) is 11.6 Å². The Morgan fingerprint density at radius 2 is 1.74 bits per heavy atom. The molecule has 3 rings (SSSR count). The van der Waals surface area contributed by atoms with Crippen molar-refractivity contribution in [1.29, 1.82) is 0 Å². The highest BCUT2D eigenvalue weighted by molar-refractivity contribution is 7.80. The monoisotopic (exact) mass is 393 g/mol. The van der Waals surface area contributed by atoms with Crippen LogP contribution in [0.2, 0.25) is 0 Å². The molecular formula is C18H23N3O5S. The third-order valence-electron chi connectivity index (χ3n) is 5.39. The van der Waals surface area contributed by atoms with E-state index in [0.29, 0.717) is 10.7 Å². The van der Waals surface area contributed by atoms with Crippen molar-refractivity contribution in [2.24, 2.45) is 11.8 Å². The molecule has 0 bridgehead atoms. The summed E-state index contributed by atoms with van der Waals surface area (Å²) in [4.78, 5) is 25.6. The average molecular weight is 393 g/mol. The molecule has 2 aliphatic rings. The van der Waals surface area contributed by atoms with E-state index < -0.39 is 41.0 Å². The van der Waals surface area contributed by atoms with E-state index in [1.54, 1.807) is 6.92 Å². The highest BCUT2D eigenvalue weighted by Gasteiger charge is 2.65. The lowest BCUT2D eigenvalue weighted by molar-refractivity contribution is -0.177. The summed E-state index contributed by atoms with van der Waals surface area (Å²) < 4.78 is 10.0. The van der Waals surface area contributed by atoms with Crippen LogP contribution < -0.4 is 16.2 Å². The summed E-state index contributed by atoms with van der Waals surface area (Å²) in [6.45, 7) is 1.56. The average Bonchev–Trinajstić information content (AvgIpc) is 3.00. The summed E-state index contributed by atoms with van der Waals surface area (Å²) >= 11 is 5.17. The first-order valence-corrected chi connectivity index (χ1v) is 8.95. The summed E-state index contributed by atoms with van der Waals surface area (Å²) in [5.41, 5.74) is 3.90. The van der Waals surface area contributed by atoms with Gasteiger partial charge in [-0.25, -0.2) is 5.43 Å². The second-order valence-electron chi connectivity index (χ2n) is 7.15. The number of benzene rings is 1. The van der Waals surface area contributed by atoms with E-state index in [9.17, 15) is 14.7 Å². The number of nitrogens with one attached hydrogen (secondary N) is 3. The summed E-state index contributed by atoms with van der Waals surface area (Å²) in [6, 6.07) is 9.08. The van der Waals surface area contributed by atoms with Gasteiger partial charge in [0, 0.05) is 12.3 Å².